The SMILES string of the molecule is C=CN(C)c1ccc(Oc2ccc(N)cc2C)cc1C.CC. The highest BCUT2D eigenvalue weighted by molar-refractivity contribution is 5.57. The number of benzene rings is 2. The van der Waals surface area contributed by atoms with Crippen molar-refractivity contribution in [3.8, 4) is 11.5 Å². The van der Waals surface area contributed by atoms with Gasteiger partial charge in [0, 0.05) is 18.4 Å². The van der Waals surface area contributed by atoms with Crippen molar-refractivity contribution in [2.45, 2.75) is 27.7 Å². The molecular weight excluding hydrogens is 272 g/mol. The summed E-state index contributed by atoms with van der Waals surface area (Å²) in [5.41, 5.74) is 9.76. The maximum Gasteiger partial charge on any atom is 0.130 e. The minimum absolute atomic E-state index is 0.744. The van der Waals surface area contributed by atoms with Crippen LogP contribution in [-0.4, -0.2) is 7.05 Å². The molecule has 0 atom stereocenters. The lowest BCUT2D eigenvalue weighted by molar-refractivity contribution is 0.478. The molecule has 0 aliphatic carbocycles. The number of nitrogens with two attached hydrogens (primary N) is 1. The standard InChI is InChI=1S/C17H20N2O.C2H6/c1-5-19(4)16-8-7-15(11-12(16)2)20-17-9-6-14(18)10-13(17)3;1-2/h5-11H,1,18H2,2-4H3;1-2H3. The van der Waals surface area contributed by atoms with Gasteiger partial charge in [-0.05, 0) is 67.6 Å². The second kappa shape index (κ2) is 8.13. The van der Waals surface area contributed by atoms with E-state index in [1.165, 1.54) is 0 Å². The lowest BCUT2D eigenvalue weighted by Gasteiger charge is -2.17. The first kappa shape index (κ1) is 17.6. The van der Waals surface area contributed by atoms with Crippen LogP contribution in [0.5, 0.6) is 11.5 Å². The largest absolute Gasteiger partial charge is 0.457 e. The number of aryl methyl sites for hydroxylation is 2. The molecule has 0 aliphatic heterocycles. The Bertz CT molecular complexity index is 635. The third-order valence-corrected chi connectivity index (χ3v) is 3.25. The fourth-order valence-electron chi connectivity index (χ4n) is 2.10. The molecule has 0 saturated carbocycles. The Balaban J connectivity index is 0.00000116. The number of ether oxygens (including phenoxy) is 1. The highest BCUT2D eigenvalue weighted by Gasteiger charge is 2.06. The summed E-state index contributed by atoms with van der Waals surface area (Å²) in [6.45, 7) is 11.8. The van der Waals surface area contributed by atoms with Crippen LogP contribution in [0.15, 0.2) is 49.2 Å². The smallest absolute Gasteiger partial charge is 0.130 e. The summed E-state index contributed by atoms with van der Waals surface area (Å²) < 4.78 is 5.91. The van der Waals surface area contributed by atoms with Crippen LogP contribution >= 0.6 is 0 Å². The van der Waals surface area contributed by atoms with E-state index >= 15 is 0 Å². The fourth-order valence-corrected chi connectivity index (χ4v) is 2.10. The third-order valence-electron chi connectivity index (χ3n) is 3.25. The molecule has 3 nitrogen and oxygen atoms in total. The monoisotopic (exact) mass is 298 g/mol. The van der Waals surface area contributed by atoms with Gasteiger partial charge in [-0.15, -0.1) is 0 Å². The minimum Gasteiger partial charge on any atom is -0.457 e. The van der Waals surface area contributed by atoms with Crippen molar-refractivity contribution in [1.29, 1.82) is 0 Å². The van der Waals surface area contributed by atoms with Gasteiger partial charge in [0.25, 0.3) is 0 Å². The Morgan fingerprint density at radius 1 is 1.05 bits per heavy atom. The average Bonchev–Trinajstić information content (AvgIpc) is 2.51. The first-order valence-corrected chi connectivity index (χ1v) is 7.51. The predicted molar refractivity (Wildman–Crippen MR) is 96.8 cm³/mol. The Labute approximate surface area is 134 Å². The van der Waals surface area contributed by atoms with Crippen LogP contribution in [0.2, 0.25) is 0 Å². The zero-order valence-corrected chi connectivity index (χ0v) is 14.2. The van der Waals surface area contributed by atoms with Crippen LogP contribution in [0.3, 0.4) is 0 Å². The molecule has 0 aromatic heterocycles. The molecule has 0 spiro atoms. The molecule has 0 bridgehead atoms. The molecule has 118 valence electrons. The van der Waals surface area contributed by atoms with Crippen molar-refractivity contribution < 1.29 is 4.74 Å². The molecule has 0 unspecified atom stereocenters. The van der Waals surface area contributed by atoms with Crippen LogP contribution < -0.4 is 15.4 Å². The topological polar surface area (TPSA) is 38.5 Å². The van der Waals surface area contributed by atoms with E-state index in [0.29, 0.717) is 0 Å². The van der Waals surface area contributed by atoms with Gasteiger partial charge in [-0.2, -0.15) is 0 Å². The number of nitrogen functional groups attached to an aromatic ring is 1. The summed E-state index contributed by atoms with van der Waals surface area (Å²) in [5.74, 6) is 1.64. The molecule has 22 heavy (non-hydrogen) atoms. The number of nitrogens with zero attached hydrogens (tertiary/aromatic N) is 1. The molecule has 0 saturated heterocycles. The maximum atomic E-state index is 5.91. The molecule has 0 aliphatic rings. The van der Waals surface area contributed by atoms with Gasteiger partial charge in [-0.25, -0.2) is 0 Å². The van der Waals surface area contributed by atoms with E-state index in [1.54, 1.807) is 6.20 Å². The van der Waals surface area contributed by atoms with E-state index in [9.17, 15) is 0 Å². The van der Waals surface area contributed by atoms with E-state index < -0.39 is 0 Å². The quantitative estimate of drug-likeness (QED) is 0.780. The van der Waals surface area contributed by atoms with E-state index in [4.69, 9.17) is 10.5 Å². The molecule has 0 radical (unpaired) electrons. The van der Waals surface area contributed by atoms with Gasteiger partial charge >= 0.3 is 0 Å². The van der Waals surface area contributed by atoms with Crippen molar-refractivity contribution in [3.63, 3.8) is 0 Å². The molecule has 2 N–H and O–H groups in total. The maximum absolute atomic E-state index is 5.91. The lowest BCUT2D eigenvalue weighted by atomic mass is 10.1. The van der Waals surface area contributed by atoms with Gasteiger partial charge in [-0.1, -0.05) is 20.4 Å². The highest BCUT2D eigenvalue weighted by Crippen LogP contribution is 2.30. The number of anilines is 2. The second-order valence-corrected chi connectivity index (χ2v) is 4.87. The first-order chi connectivity index (χ1) is 10.5. The second-order valence-electron chi connectivity index (χ2n) is 4.87. The van der Waals surface area contributed by atoms with E-state index in [1.807, 2.05) is 69.1 Å². The van der Waals surface area contributed by atoms with Crippen molar-refractivity contribution in [1.82, 2.24) is 0 Å². The molecule has 2 aromatic rings. The van der Waals surface area contributed by atoms with Crippen LogP contribution in [-0.2, 0) is 0 Å². The van der Waals surface area contributed by atoms with Crippen LogP contribution in [0.4, 0.5) is 11.4 Å². The molecule has 3 heteroatoms. The Morgan fingerprint density at radius 2 is 1.73 bits per heavy atom. The summed E-state index contributed by atoms with van der Waals surface area (Å²) in [6, 6.07) is 11.6. The molecule has 2 rings (SSSR count). The van der Waals surface area contributed by atoms with Crippen molar-refractivity contribution >= 4 is 11.4 Å². The Morgan fingerprint density at radius 3 is 2.27 bits per heavy atom. The van der Waals surface area contributed by atoms with E-state index in [0.717, 1.165) is 34.0 Å². The van der Waals surface area contributed by atoms with Crippen molar-refractivity contribution in [2.75, 3.05) is 17.7 Å². The van der Waals surface area contributed by atoms with Crippen LogP contribution in [0.1, 0.15) is 25.0 Å². The van der Waals surface area contributed by atoms with E-state index in [2.05, 4.69) is 13.5 Å². The van der Waals surface area contributed by atoms with Gasteiger partial charge < -0.3 is 15.4 Å². The summed E-state index contributed by atoms with van der Waals surface area (Å²) in [4.78, 5) is 1.98. The molecular formula is C19H26N2O. The summed E-state index contributed by atoms with van der Waals surface area (Å²) in [6.07, 6.45) is 1.78. The average molecular weight is 298 g/mol. The van der Waals surface area contributed by atoms with Crippen LogP contribution in [0.25, 0.3) is 0 Å². The van der Waals surface area contributed by atoms with Crippen LogP contribution in [0, 0.1) is 13.8 Å². The zero-order chi connectivity index (χ0) is 16.7. The van der Waals surface area contributed by atoms with Crippen molar-refractivity contribution in [3.05, 3.63) is 60.3 Å². The lowest BCUT2D eigenvalue weighted by Crippen LogP contribution is -2.08. The summed E-state index contributed by atoms with van der Waals surface area (Å²) >= 11 is 0. The number of hydrogen-bond acceptors (Lipinski definition) is 3. The molecule has 2 aromatic carbocycles. The zero-order valence-electron chi connectivity index (χ0n) is 14.2. The normalized spacial score (nSPS) is 9.50. The number of hydrogen-bond donors (Lipinski definition) is 1. The fraction of sp³-hybridized carbons (Fsp3) is 0.263. The third kappa shape index (κ3) is 4.29. The molecule has 0 heterocycles. The summed E-state index contributed by atoms with van der Waals surface area (Å²) in [5, 5.41) is 0. The van der Waals surface area contributed by atoms with Gasteiger partial charge in [0.05, 0.1) is 0 Å². The Hall–Kier alpha value is -2.42. The highest BCUT2D eigenvalue weighted by atomic mass is 16.5. The molecule has 0 fully saturated rings. The first-order valence-electron chi connectivity index (χ1n) is 7.51. The van der Waals surface area contributed by atoms with Gasteiger partial charge in [-0.3, -0.25) is 0 Å². The Kier molecular flexibility index (Phi) is 6.51. The molecule has 0 amide bonds. The van der Waals surface area contributed by atoms with E-state index in [-0.39, 0.29) is 0 Å². The van der Waals surface area contributed by atoms with Gasteiger partial charge in [0.2, 0.25) is 0 Å². The predicted octanol–water partition coefficient (Wildman–Crippen LogP) is 5.28. The summed E-state index contributed by atoms with van der Waals surface area (Å²) in [7, 11) is 1.97. The van der Waals surface area contributed by atoms with Gasteiger partial charge in [0.15, 0.2) is 0 Å². The van der Waals surface area contributed by atoms with Gasteiger partial charge in [0.1, 0.15) is 11.5 Å². The minimum atomic E-state index is 0.744. The number of rotatable bonds is 4. The van der Waals surface area contributed by atoms with Crippen molar-refractivity contribution in [2.24, 2.45) is 0 Å².